The van der Waals surface area contributed by atoms with E-state index in [1.807, 2.05) is 18.2 Å². The summed E-state index contributed by atoms with van der Waals surface area (Å²) in [6, 6.07) is 5.89. The molecule has 0 saturated heterocycles. The average molecular weight is 586 g/mol. The molecular formula is C6H6Br2Cl6NSb. The number of hydrogen-bond donors (Lipinski definition) is 1. The summed E-state index contributed by atoms with van der Waals surface area (Å²) in [5.41, 5.74) is 4.81. The van der Waals surface area contributed by atoms with Crippen LogP contribution in [0.2, 0.25) is 0 Å². The van der Waals surface area contributed by atoms with Crippen LogP contribution in [0.3, 0.4) is 0 Å². The van der Waals surface area contributed by atoms with Crippen LogP contribution in [0.5, 0.6) is 0 Å². The van der Waals surface area contributed by atoms with E-state index in [0.717, 1.165) is 14.6 Å². The molecule has 0 aliphatic heterocycles. The maximum absolute atomic E-state index is 5.42. The molecule has 0 bridgehead atoms. The third-order valence-electron chi connectivity index (χ3n) is 1.02. The minimum Gasteiger partial charge on any atom is -0.324 e. The van der Waals surface area contributed by atoms with Gasteiger partial charge in [-0.2, -0.15) is 0 Å². The van der Waals surface area contributed by atoms with Crippen LogP contribution in [0.4, 0.5) is 5.69 Å². The zero-order chi connectivity index (χ0) is 13.3. The molecule has 0 atom stereocenters. The van der Waals surface area contributed by atoms with Gasteiger partial charge in [0.25, 0.3) is 0 Å². The van der Waals surface area contributed by atoms with Crippen LogP contribution >= 0.6 is 84.8 Å². The number of halogens is 8. The number of quaternary nitrogens is 1. The van der Waals surface area contributed by atoms with Gasteiger partial charge in [0.05, 0.1) is 4.47 Å². The molecule has 0 amide bonds. The molecule has 0 aromatic heterocycles. The molecule has 0 saturated carbocycles. The van der Waals surface area contributed by atoms with Gasteiger partial charge in [-0.05, 0) is 28.1 Å². The van der Waals surface area contributed by atoms with E-state index < -0.39 is 9.14 Å². The minimum atomic E-state index is -5.42. The van der Waals surface area contributed by atoms with Gasteiger partial charge < -0.3 is 5.73 Å². The first kappa shape index (κ1) is 18.7. The summed E-state index contributed by atoms with van der Waals surface area (Å²) >= 11 is 6.69. The molecule has 0 spiro atoms. The van der Waals surface area contributed by atoms with Crippen LogP contribution in [0.1, 0.15) is 0 Å². The molecule has 10 heteroatoms. The van der Waals surface area contributed by atoms with Crippen molar-refractivity contribution in [3.8, 4) is 0 Å². The van der Waals surface area contributed by atoms with Crippen molar-refractivity contribution < 1.29 is 5.73 Å². The van der Waals surface area contributed by atoms with Crippen molar-refractivity contribution in [2.75, 3.05) is 0 Å². The van der Waals surface area contributed by atoms with Gasteiger partial charge in [0.1, 0.15) is 5.69 Å². The fourth-order valence-corrected chi connectivity index (χ4v) is 1.57. The second-order valence-electron chi connectivity index (χ2n) is 2.69. The topological polar surface area (TPSA) is 27.6 Å². The predicted molar refractivity (Wildman–Crippen MR) is 85.3 cm³/mol. The van der Waals surface area contributed by atoms with Crippen LogP contribution < -0.4 is 5.73 Å². The average Bonchev–Trinajstić information content (AvgIpc) is 1.91. The van der Waals surface area contributed by atoms with Crippen molar-refractivity contribution in [3.63, 3.8) is 0 Å². The van der Waals surface area contributed by atoms with Gasteiger partial charge in [-0.1, -0.05) is 15.9 Å². The zero-order valence-electron chi connectivity index (χ0n) is 7.41. The predicted octanol–water partition coefficient (Wildman–Crippen LogP) is 5.84. The molecule has 1 aromatic carbocycles. The summed E-state index contributed by atoms with van der Waals surface area (Å²) in [5.74, 6) is 0. The molecule has 0 radical (unpaired) electrons. The van der Waals surface area contributed by atoms with Gasteiger partial charge in [0.15, 0.2) is 0 Å². The second kappa shape index (κ2) is 5.60. The molecule has 3 N–H and O–H groups in total. The third kappa shape index (κ3) is 16.7. The first-order chi connectivity index (χ1) is 6.65. The Morgan fingerprint density at radius 3 is 1.56 bits per heavy atom. The van der Waals surface area contributed by atoms with Crippen LogP contribution in [0.25, 0.3) is 0 Å². The zero-order valence-corrected chi connectivity index (χ0v) is 17.7. The monoisotopic (exact) mass is 581 g/mol. The van der Waals surface area contributed by atoms with E-state index in [2.05, 4.69) is 37.6 Å². The summed E-state index contributed by atoms with van der Waals surface area (Å²) in [6.45, 7) is 0. The Morgan fingerprint density at radius 2 is 1.31 bits per heavy atom. The van der Waals surface area contributed by atoms with Gasteiger partial charge in [0, 0.05) is 10.5 Å². The first-order valence-electron chi connectivity index (χ1n) is 3.48. The quantitative estimate of drug-likeness (QED) is 0.370. The maximum atomic E-state index is 5.06. The van der Waals surface area contributed by atoms with Gasteiger partial charge in [0.2, 0.25) is 0 Å². The Balaban J connectivity index is 0.000000293. The fraction of sp³-hybridized carbons (Fsp3) is 0. The molecule has 0 fully saturated rings. The Bertz CT molecular complexity index is 377. The minimum absolute atomic E-state index is 1.01. The summed E-state index contributed by atoms with van der Waals surface area (Å²) in [6.07, 6.45) is 0. The number of hydrogen-bond acceptors (Lipinski definition) is 0. The Labute approximate surface area is 130 Å². The molecule has 1 rings (SSSR count). The van der Waals surface area contributed by atoms with Crippen molar-refractivity contribution in [1.29, 1.82) is 0 Å². The SMILES string of the molecule is [Cl][Sb-]([Cl])([Cl])([Cl])([Cl])[Cl].[NH3+]c1ccc(Br)cc1Br. The van der Waals surface area contributed by atoms with Crippen molar-refractivity contribution in [2.24, 2.45) is 0 Å². The Kier molecular flexibility index (Phi) is 6.54. The van der Waals surface area contributed by atoms with Gasteiger partial charge in [-0.15, -0.1) is 0 Å². The van der Waals surface area contributed by atoms with Crippen LogP contribution in [0.15, 0.2) is 27.1 Å². The van der Waals surface area contributed by atoms with E-state index >= 15 is 0 Å². The molecule has 0 heterocycles. The van der Waals surface area contributed by atoms with Crippen molar-refractivity contribution >= 4 is 99.7 Å². The van der Waals surface area contributed by atoms with Gasteiger partial charge in [-0.3, -0.25) is 0 Å². The van der Waals surface area contributed by atoms with E-state index in [1.165, 1.54) is 0 Å². The number of rotatable bonds is 0. The maximum Gasteiger partial charge on any atom is 0.142 e. The van der Waals surface area contributed by atoms with E-state index in [-0.39, 0.29) is 0 Å². The molecule has 0 aliphatic carbocycles. The molecule has 1 aromatic rings. The smallest absolute Gasteiger partial charge is 0.142 e. The van der Waals surface area contributed by atoms with Crippen LogP contribution in [0, 0.1) is 0 Å². The summed E-state index contributed by atoms with van der Waals surface area (Å²) in [5, 5.41) is 0. The molecule has 96 valence electrons. The van der Waals surface area contributed by atoms with Gasteiger partial charge in [-0.25, -0.2) is 0 Å². The summed E-state index contributed by atoms with van der Waals surface area (Å²) < 4.78 is 2.11. The van der Waals surface area contributed by atoms with Crippen LogP contribution in [-0.2, 0) is 0 Å². The summed E-state index contributed by atoms with van der Waals surface area (Å²) in [7, 11) is 25.0. The Hall–Kier alpha value is 2.70. The summed E-state index contributed by atoms with van der Waals surface area (Å²) in [4.78, 5) is 0. The molecule has 0 aliphatic rings. The molecule has 1 nitrogen and oxygen atoms in total. The fourth-order valence-electron chi connectivity index (χ4n) is 0.522. The first-order valence-corrected chi connectivity index (χ1v) is 24.5. The molecule has 16 heavy (non-hydrogen) atoms. The largest absolute Gasteiger partial charge is 0.324 e. The van der Waals surface area contributed by atoms with E-state index in [4.69, 9.17) is 53.0 Å². The Morgan fingerprint density at radius 1 is 0.938 bits per heavy atom. The van der Waals surface area contributed by atoms with Crippen molar-refractivity contribution in [1.82, 2.24) is 0 Å². The van der Waals surface area contributed by atoms with E-state index in [9.17, 15) is 0 Å². The third-order valence-corrected chi connectivity index (χ3v) is 2.25. The molecule has 0 unspecified atom stereocenters. The second-order valence-corrected chi connectivity index (χ2v) is 61.4. The van der Waals surface area contributed by atoms with Crippen molar-refractivity contribution in [2.45, 2.75) is 0 Å². The van der Waals surface area contributed by atoms with E-state index in [0.29, 0.717) is 0 Å². The number of benzene rings is 1. The molecular weight excluding hydrogens is 580 g/mol. The standard InChI is InChI=1S/C6H5Br2N.6ClH.Sb/c7-4-1-2-6(9)5(8)3-4;;;;;;;/h1-3H,9H2;6*1H;/q;;;;;;;+5/p-5. The van der Waals surface area contributed by atoms with Crippen LogP contribution in [-0.4, -0.2) is 9.14 Å². The van der Waals surface area contributed by atoms with E-state index in [1.54, 1.807) is 0 Å². The normalized spacial score (nSPS) is 15.6. The van der Waals surface area contributed by atoms with Gasteiger partial charge >= 0.3 is 62.1 Å². The van der Waals surface area contributed by atoms with Crippen molar-refractivity contribution in [3.05, 3.63) is 27.1 Å².